The fourth-order valence-electron chi connectivity index (χ4n) is 2.80. The normalized spacial score (nSPS) is 25.8. The molecule has 0 saturated carbocycles. The Kier molecular flexibility index (Phi) is 4.36. The van der Waals surface area contributed by atoms with E-state index in [4.69, 9.17) is 0 Å². The molecule has 3 unspecified atom stereocenters. The van der Waals surface area contributed by atoms with E-state index >= 15 is 0 Å². The summed E-state index contributed by atoms with van der Waals surface area (Å²) in [5.41, 5.74) is 2.23. The summed E-state index contributed by atoms with van der Waals surface area (Å²) in [5.74, 6) is 1.37. The summed E-state index contributed by atoms with van der Waals surface area (Å²) >= 11 is 1.69. The Morgan fingerprint density at radius 1 is 1.44 bits per heavy atom. The second kappa shape index (κ2) is 5.64. The average Bonchev–Trinajstić information content (AvgIpc) is 2.62. The number of hydrogen-bond acceptors (Lipinski definition) is 3. The molecule has 0 heterocycles. The second-order valence-electron chi connectivity index (χ2n) is 5.67. The zero-order valence-corrected chi connectivity index (χ0v) is 12.3. The van der Waals surface area contributed by atoms with Crippen LogP contribution in [0.3, 0.4) is 0 Å². The first-order chi connectivity index (χ1) is 8.53. The lowest BCUT2D eigenvalue weighted by molar-refractivity contribution is 0.0795. The molecule has 0 fully saturated rings. The van der Waals surface area contributed by atoms with Gasteiger partial charge in [0.25, 0.3) is 0 Å². The molecular weight excluding hydrogens is 242 g/mol. The van der Waals surface area contributed by atoms with Crippen LogP contribution in [0.15, 0.2) is 24.3 Å². The van der Waals surface area contributed by atoms with Crippen LogP contribution in [0.5, 0.6) is 0 Å². The molecule has 2 N–H and O–H groups in total. The van der Waals surface area contributed by atoms with Crippen LogP contribution >= 0.6 is 11.8 Å². The standard InChI is InChI=1S/C15H23NOS/c1-11-8-12-6-4-5-7-13(12)14(11)16-9-15(2,17)10-18-3/h4-7,11,14,16-17H,8-10H2,1-3H3. The SMILES string of the molecule is CSCC(C)(O)CNC1c2ccccc2CC1C. The van der Waals surface area contributed by atoms with Gasteiger partial charge in [0, 0.05) is 18.3 Å². The number of benzene rings is 1. The highest BCUT2D eigenvalue weighted by atomic mass is 32.2. The second-order valence-corrected chi connectivity index (χ2v) is 6.53. The Hall–Kier alpha value is -0.510. The molecular formula is C15H23NOS. The predicted octanol–water partition coefficient (Wildman–Crippen LogP) is 2.62. The number of rotatable bonds is 5. The summed E-state index contributed by atoms with van der Waals surface area (Å²) in [4.78, 5) is 0. The number of hydrogen-bond donors (Lipinski definition) is 2. The van der Waals surface area contributed by atoms with Crippen molar-refractivity contribution >= 4 is 11.8 Å². The zero-order chi connectivity index (χ0) is 13.2. The number of fused-ring (bicyclic) bond motifs is 1. The van der Waals surface area contributed by atoms with E-state index in [-0.39, 0.29) is 0 Å². The van der Waals surface area contributed by atoms with Crippen LogP contribution in [0, 0.1) is 5.92 Å². The van der Waals surface area contributed by atoms with Crippen molar-refractivity contribution in [1.82, 2.24) is 5.32 Å². The highest BCUT2D eigenvalue weighted by Gasteiger charge is 2.30. The van der Waals surface area contributed by atoms with Crippen molar-refractivity contribution in [3.05, 3.63) is 35.4 Å². The minimum Gasteiger partial charge on any atom is -0.388 e. The molecule has 18 heavy (non-hydrogen) atoms. The average molecular weight is 265 g/mol. The van der Waals surface area contributed by atoms with Crippen molar-refractivity contribution in [3.63, 3.8) is 0 Å². The van der Waals surface area contributed by atoms with Gasteiger partial charge in [-0.15, -0.1) is 0 Å². The quantitative estimate of drug-likeness (QED) is 0.858. The lowest BCUT2D eigenvalue weighted by atomic mass is 10.0. The minimum absolute atomic E-state index is 0.384. The Labute approximate surface area is 114 Å². The Balaban J connectivity index is 2.02. The predicted molar refractivity (Wildman–Crippen MR) is 79.1 cm³/mol. The maximum Gasteiger partial charge on any atom is 0.0833 e. The van der Waals surface area contributed by atoms with Crippen LogP contribution < -0.4 is 5.32 Å². The molecule has 3 atom stereocenters. The molecule has 1 aromatic carbocycles. The van der Waals surface area contributed by atoms with Gasteiger partial charge >= 0.3 is 0 Å². The number of aliphatic hydroxyl groups is 1. The Morgan fingerprint density at radius 3 is 2.89 bits per heavy atom. The van der Waals surface area contributed by atoms with Gasteiger partial charge < -0.3 is 10.4 Å². The summed E-state index contributed by atoms with van der Waals surface area (Å²) in [5, 5.41) is 13.8. The first-order valence-electron chi connectivity index (χ1n) is 6.56. The molecule has 0 saturated heterocycles. The van der Waals surface area contributed by atoms with Crippen LogP contribution in [-0.2, 0) is 6.42 Å². The molecule has 0 amide bonds. The molecule has 0 radical (unpaired) electrons. The van der Waals surface area contributed by atoms with Gasteiger partial charge in [-0.25, -0.2) is 0 Å². The van der Waals surface area contributed by atoms with Crippen molar-refractivity contribution in [2.75, 3.05) is 18.6 Å². The highest BCUT2D eigenvalue weighted by Crippen LogP contribution is 2.35. The van der Waals surface area contributed by atoms with Crippen LogP contribution in [-0.4, -0.2) is 29.3 Å². The van der Waals surface area contributed by atoms with E-state index in [0.717, 1.165) is 12.2 Å². The van der Waals surface area contributed by atoms with Crippen molar-refractivity contribution in [2.24, 2.45) is 5.92 Å². The molecule has 0 aromatic heterocycles. The third kappa shape index (κ3) is 3.08. The molecule has 1 aromatic rings. The lowest BCUT2D eigenvalue weighted by Crippen LogP contribution is -2.42. The lowest BCUT2D eigenvalue weighted by Gasteiger charge is -2.27. The maximum absolute atomic E-state index is 10.2. The summed E-state index contributed by atoms with van der Waals surface area (Å²) in [6.07, 6.45) is 3.17. The van der Waals surface area contributed by atoms with E-state index in [1.807, 2.05) is 13.2 Å². The van der Waals surface area contributed by atoms with Crippen molar-refractivity contribution < 1.29 is 5.11 Å². The van der Waals surface area contributed by atoms with E-state index < -0.39 is 5.60 Å². The molecule has 0 bridgehead atoms. The van der Waals surface area contributed by atoms with Crippen LogP contribution in [0.4, 0.5) is 0 Å². The molecule has 100 valence electrons. The van der Waals surface area contributed by atoms with Gasteiger partial charge in [-0.1, -0.05) is 31.2 Å². The van der Waals surface area contributed by atoms with Crippen molar-refractivity contribution in [3.8, 4) is 0 Å². The summed E-state index contributed by atoms with van der Waals surface area (Å²) < 4.78 is 0. The van der Waals surface area contributed by atoms with Gasteiger partial charge in [-0.2, -0.15) is 11.8 Å². The third-order valence-corrected chi connectivity index (χ3v) is 4.57. The largest absolute Gasteiger partial charge is 0.388 e. The van der Waals surface area contributed by atoms with Gasteiger partial charge in [0.1, 0.15) is 0 Å². The van der Waals surface area contributed by atoms with E-state index in [1.54, 1.807) is 11.8 Å². The smallest absolute Gasteiger partial charge is 0.0833 e. The van der Waals surface area contributed by atoms with Gasteiger partial charge in [-0.05, 0) is 36.6 Å². The van der Waals surface area contributed by atoms with Gasteiger partial charge in [0.15, 0.2) is 0 Å². The summed E-state index contributed by atoms with van der Waals surface area (Å²) in [7, 11) is 0. The van der Waals surface area contributed by atoms with E-state index in [9.17, 15) is 5.11 Å². The van der Waals surface area contributed by atoms with Crippen molar-refractivity contribution in [1.29, 1.82) is 0 Å². The topological polar surface area (TPSA) is 32.3 Å². The van der Waals surface area contributed by atoms with Crippen molar-refractivity contribution in [2.45, 2.75) is 31.9 Å². The van der Waals surface area contributed by atoms with Gasteiger partial charge in [0.2, 0.25) is 0 Å². The molecule has 0 spiro atoms. The fourth-order valence-corrected chi connectivity index (χ4v) is 3.52. The Morgan fingerprint density at radius 2 is 2.17 bits per heavy atom. The van der Waals surface area contributed by atoms with E-state index in [2.05, 4.69) is 36.5 Å². The Bertz CT molecular complexity index is 405. The van der Waals surface area contributed by atoms with Crippen LogP contribution in [0.1, 0.15) is 31.0 Å². The highest BCUT2D eigenvalue weighted by molar-refractivity contribution is 7.98. The number of nitrogens with one attached hydrogen (secondary N) is 1. The monoisotopic (exact) mass is 265 g/mol. The van der Waals surface area contributed by atoms with Crippen LogP contribution in [0.25, 0.3) is 0 Å². The molecule has 1 aliphatic rings. The number of thioether (sulfide) groups is 1. The molecule has 2 rings (SSSR count). The fraction of sp³-hybridized carbons (Fsp3) is 0.600. The maximum atomic E-state index is 10.2. The minimum atomic E-state index is -0.628. The molecule has 2 nitrogen and oxygen atoms in total. The first-order valence-corrected chi connectivity index (χ1v) is 7.95. The van der Waals surface area contributed by atoms with Gasteiger partial charge in [-0.3, -0.25) is 0 Å². The molecule has 1 aliphatic carbocycles. The summed E-state index contributed by atoms with van der Waals surface area (Å²) in [6.45, 7) is 4.83. The van der Waals surface area contributed by atoms with Gasteiger partial charge in [0.05, 0.1) is 5.60 Å². The van der Waals surface area contributed by atoms with Crippen LogP contribution in [0.2, 0.25) is 0 Å². The first kappa shape index (κ1) is 13.9. The van der Waals surface area contributed by atoms with E-state index in [0.29, 0.717) is 18.5 Å². The molecule has 0 aliphatic heterocycles. The zero-order valence-electron chi connectivity index (χ0n) is 11.4. The molecule has 3 heteroatoms. The van der Waals surface area contributed by atoms with E-state index in [1.165, 1.54) is 11.1 Å². The third-order valence-electron chi connectivity index (χ3n) is 3.66. The summed E-state index contributed by atoms with van der Waals surface area (Å²) in [6, 6.07) is 9.02.